The van der Waals surface area contributed by atoms with Crippen LogP contribution in [0.15, 0.2) is 18.2 Å². The molecule has 3 nitrogen and oxygen atoms in total. The molecule has 1 aliphatic rings. The maximum Gasteiger partial charge on any atom is 0.137 e. The van der Waals surface area contributed by atoms with E-state index in [0.29, 0.717) is 5.02 Å². The molecule has 2 rings (SSSR count). The van der Waals surface area contributed by atoms with Crippen LogP contribution in [0.3, 0.4) is 0 Å². The van der Waals surface area contributed by atoms with Crippen LogP contribution in [0.5, 0.6) is 5.75 Å². The highest BCUT2D eigenvalue weighted by atomic mass is 35.5. The Hall–Kier alpha value is -0.480. The first kappa shape index (κ1) is 17.6. The molecule has 5 heteroatoms. The molecule has 1 heterocycles. The number of nitrogens with zero attached hydrogens (tertiary/aromatic N) is 1. The maximum atomic E-state index is 6.17. The van der Waals surface area contributed by atoms with Crippen molar-refractivity contribution in [3.05, 3.63) is 28.8 Å². The van der Waals surface area contributed by atoms with Gasteiger partial charge < -0.3 is 10.5 Å². The Balaban J connectivity index is 0.00000200. The lowest BCUT2D eigenvalue weighted by atomic mass is 9.94. The van der Waals surface area contributed by atoms with Crippen molar-refractivity contribution in [3.8, 4) is 5.75 Å². The summed E-state index contributed by atoms with van der Waals surface area (Å²) < 4.78 is 5.18. The summed E-state index contributed by atoms with van der Waals surface area (Å²) in [5, 5.41) is 0.690. The third-order valence-corrected chi connectivity index (χ3v) is 4.10. The molecule has 20 heavy (non-hydrogen) atoms. The van der Waals surface area contributed by atoms with Gasteiger partial charge in [-0.2, -0.15) is 0 Å². The van der Waals surface area contributed by atoms with Crippen molar-refractivity contribution < 1.29 is 4.74 Å². The number of likely N-dealkylation sites (tertiary alicyclic amines) is 1. The van der Waals surface area contributed by atoms with Crippen molar-refractivity contribution in [1.29, 1.82) is 0 Å². The summed E-state index contributed by atoms with van der Waals surface area (Å²) in [4.78, 5) is 2.50. The molecule has 1 aromatic rings. The Morgan fingerprint density at radius 3 is 2.90 bits per heavy atom. The molecule has 2 N–H and O–H groups in total. The number of hydrogen-bond acceptors (Lipinski definition) is 3. The van der Waals surface area contributed by atoms with Crippen LogP contribution in [0.1, 0.15) is 24.8 Å². The molecule has 0 amide bonds. The van der Waals surface area contributed by atoms with Gasteiger partial charge >= 0.3 is 0 Å². The van der Waals surface area contributed by atoms with E-state index in [4.69, 9.17) is 22.1 Å². The van der Waals surface area contributed by atoms with Crippen molar-refractivity contribution in [3.63, 3.8) is 0 Å². The average molecular weight is 319 g/mol. The van der Waals surface area contributed by atoms with Gasteiger partial charge in [-0.15, -0.1) is 12.4 Å². The monoisotopic (exact) mass is 318 g/mol. The fourth-order valence-corrected chi connectivity index (χ4v) is 3.11. The van der Waals surface area contributed by atoms with Crippen molar-refractivity contribution in [2.75, 3.05) is 26.7 Å². The third kappa shape index (κ3) is 4.81. The largest absolute Gasteiger partial charge is 0.495 e. The van der Waals surface area contributed by atoms with Gasteiger partial charge in [0.25, 0.3) is 0 Å². The smallest absolute Gasteiger partial charge is 0.137 e. The SMILES string of the molecule is COc1ccc(CN2CCCC(CCN)C2)cc1Cl.Cl. The highest BCUT2D eigenvalue weighted by Crippen LogP contribution is 2.26. The van der Waals surface area contributed by atoms with E-state index in [0.717, 1.165) is 37.7 Å². The van der Waals surface area contributed by atoms with Gasteiger partial charge in [0.15, 0.2) is 0 Å². The molecule has 0 aromatic heterocycles. The highest BCUT2D eigenvalue weighted by molar-refractivity contribution is 6.32. The molecule has 0 saturated carbocycles. The Bertz CT molecular complexity index is 413. The molecule has 1 aromatic carbocycles. The third-order valence-electron chi connectivity index (χ3n) is 3.80. The van der Waals surface area contributed by atoms with Gasteiger partial charge in [0.1, 0.15) is 5.75 Å². The predicted molar refractivity (Wildman–Crippen MR) is 86.9 cm³/mol. The van der Waals surface area contributed by atoms with Crippen molar-refractivity contribution >= 4 is 24.0 Å². The van der Waals surface area contributed by atoms with E-state index in [-0.39, 0.29) is 12.4 Å². The summed E-state index contributed by atoms with van der Waals surface area (Å²) in [6.45, 7) is 4.09. The molecule has 0 radical (unpaired) electrons. The van der Waals surface area contributed by atoms with Crippen LogP contribution in [0.4, 0.5) is 0 Å². The van der Waals surface area contributed by atoms with Crippen LogP contribution >= 0.6 is 24.0 Å². The van der Waals surface area contributed by atoms with Gasteiger partial charge in [0.2, 0.25) is 0 Å². The fourth-order valence-electron chi connectivity index (χ4n) is 2.83. The second-order valence-corrected chi connectivity index (χ2v) is 5.70. The van der Waals surface area contributed by atoms with E-state index in [1.165, 1.54) is 24.9 Å². The molecular formula is C15H24Cl2N2O. The van der Waals surface area contributed by atoms with E-state index < -0.39 is 0 Å². The van der Waals surface area contributed by atoms with Crippen LogP contribution < -0.4 is 10.5 Å². The quantitative estimate of drug-likeness (QED) is 0.905. The summed E-state index contributed by atoms with van der Waals surface area (Å²) in [6.07, 6.45) is 3.73. The first-order chi connectivity index (χ1) is 9.22. The molecule has 1 fully saturated rings. The Morgan fingerprint density at radius 1 is 1.45 bits per heavy atom. The molecule has 114 valence electrons. The molecule has 1 saturated heterocycles. The van der Waals surface area contributed by atoms with Gasteiger partial charge in [-0.05, 0) is 56.0 Å². The molecule has 1 atom stereocenters. The number of rotatable bonds is 5. The lowest BCUT2D eigenvalue weighted by molar-refractivity contribution is 0.163. The average Bonchev–Trinajstić information content (AvgIpc) is 2.40. The summed E-state index contributed by atoms with van der Waals surface area (Å²) in [5.74, 6) is 1.50. The zero-order chi connectivity index (χ0) is 13.7. The number of hydrogen-bond donors (Lipinski definition) is 1. The number of halogens is 2. The maximum absolute atomic E-state index is 6.17. The summed E-state index contributed by atoms with van der Waals surface area (Å²) >= 11 is 6.17. The van der Waals surface area contributed by atoms with E-state index in [9.17, 15) is 0 Å². The van der Waals surface area contributed by atoms with Gasteiger partial charge in [0.05, 0.1) is 12.1 Å². The molecule has 0 bridgehead atoms. The summed E-state index contributed by atoms with van der Waals surface area (Å²) in [5.41, 5.74) is 6.91. The van der Waals surface area contributed by atoms with Gasteiger partial charge in [-0.1, -0.05) is 17.7 Å². The van der Waals surface area contributed by atoms with E-state index in [2.05, 4.69) is 11.0 Å². The highest BCUT2D eigenvalue weighted by Gasteiger charge is 2.19. The van der Waals surface area contributed by atoms with E-state index in [1.54, 1.807) is 7.11 Å². The van der Waals surface area contributed by atoms with Gasteiger partial charge in [-0.3, -0.25) is 4.90 Å². The van der Waals surface area contributed by atoms with Crippen molar-refractivity contribution in [2.45, 2.75) is 25.8 Å². The lowest BCUT2D eigenvalue weighted by Crippen LogP contribution is -2.35. The van der Waals surface area contributed by atoms with Gasteiger partial charge in [0, 0.05) is 13.1 Å². The van der Waals surface area contributed by atoms with Gasteiger partial charge in [-0.25, -0.2) is 0 Å². The van der Waals surface area contributed by atoms with E-state index in [1.807, 2.05) is 12.1 Å². The minimum Gasteiger partial charge on any atom is -0.495 e. The summed E-state index contributed by atoms with van der Waals surface area (Å²) in [7, 11) is 1.64. The second kappa shape index (κ2) is 8.73. The Kier molecular flexibility index (Phi) is 7.67. The minimum atomic E-state index is 0. The van der Waals surface area contributed by atoms with Crippen molar-refractivity contribution in [1.82, 2.24) is 4.90 Å². The first-order valence-corrected chi connectivity index (χ1v) is 7.35. The molecule has 0 aliphatic carbocycles. The van der Waals surface area contributed by atoms with Crippen LogP contribution in [0.2, 0.25) is 5.02 Å². The second-order valence-electron chi connectivity index (χ2n) is 5.29. The predicted octanol–water partition coefficient (Wildman–Crippen LogP) is 3.33. The normalized spacial score (nSPS) is 19.4. The zero-order valence-electron chi connectivity index (χ0n) is 12.0. The standard InChI is InChI=1S/C15H23ClN2O.ClH/c1-19-15-5-4-13(9-14(15)16)11-18-8-2-3-12(10-18)6-7-17;/h4-5,9,12H,2-3,6-8,10-11,17H2,1H3;1H. The molecule has 1 unspecified atom stereocenters. The Labute approximate surface area is 132 Å². The van der Waals surface area contributed by atoms with E-state index >= 15 is 0 Å². The van der Waals surface area contributed by atoms with Crippen LogP contribution in [-0.4, -0.2) is 31.6 Å². The molecule has 0 spiro atoms. The number of benzene rings is 1. The van der Waals surface area contributed by atoms with Crippen LogP contribution in [0.25, 0.3) is 0 Å². The Morgan fingerprint density at radius 2 is 2.25 bits per heavy atom. The topological polar surface area (TPSA) is 38.5 Å². The first-order valence-electron chi connectivity index (χ1n) is 6.97. The molecule has 1 aliphatic heterocycles. The lowest BCUT2D eigenvalue weighted by Gasteiger charge is -2.32. The fraction of sp³-hybridized carbons (Fsp3) is 0.600. The summed E-state index contributed by atoms with van der Waals surface area (Å²) in [6, 6.07) is 6.04. The number of nitrogens with two attached hydrogens (primary N) is 1. The number of piperidine rings is 1. The van der Waals surface area contributed by atoms with Crippen molar-refractivity contribution in [2.24, 2.45) is 11.7 Å². The zero-order valence-corrected chi connectivity index (χ0v) is 13.6. The number of methoxy groups -OCH3 is 1. The van der Waals surface area contributed by atoms with Crippen LogP contribution in [0, 0.1) is 5.92 Å². The minimum absolute atomic E-state index is 0. The number of ether oxygens (including phenoxy) is 1. The molecular weight excluding hydrogens is 295 g/mol. The van der Waals surface area contributed by atoms with Crippen LogP contribution in [-0.2, 0) is 6.54 Å².